The van der Waals surface area contributed by atoms with E-state index in [2.05, 4.69) is 18.9 Å². The minimum Gasteiger partial charge on any atom is -0.497 e. The van der Waals surface area contributed by atoms with Gasteiger partial charge < -0.3 is 67.8 Å². The van der Waals surface area contributed by atoms with E-state index in [0.29, 0.717) is 68.2 Å². The minimum absolute atomic E-state index is 0. The number of ether oxygens (including phenoxy) is 8. The van der Waals surface area contributed by atoms with Gasteiger partial charge in [-0.3, -0.25) is 0 Å². The van der Waals surface area contributed by atoms with Gasteiger partial charge in [-0.2, -0.15) is 0 Å². The molecule has 0 spiro atoms. The van der Waals surface area contributed by atoms with Gasteiger partial charge in [-0.05, 0) is 212 Å². The van der Waals surface area contributed by atoms with Crippen LogP contribution in [0.1, 0.15) is 49.9 Å². The zero-order chi connectivity index (χ0) is 76.7. The summed E-state index contributed by atoms with van der Waals surface area (Å²) in [6.45, 7) is 6.80. The average molecular weight is 1610 g/mol. The van der Waals surface area contributed by atoms with Crippen molar-refractivity contribution in [3.63, 3.8) is 0 Å². The quantitative estimate of drug-likeness (QED) is 0.0331. The van der Waals surface area contributed by atoms with E-state index in [0.717, 1.165) is 0 Å². The number of fused-ring (bicyclic) bond motifs is 20. The van der Waals surface area contributed by atoms with Gasteiger partial charge in [-0.15, -0.1) is 0 Å². The molecule has 1 radical (unpaired) electrons. The largest absolute Gasteiger partial charge is 2.00 e. The molecule has 4 unspecified atom stereocenters. The van der Waals surface area contributed by atoms with Crippen molar-refractivity contribution in [1.82, 2.24) is 58.8 Å². The second kappa shape index (κ2) is 31.7. The molecular formula is C76H76CuN12O16S4. The Balaban J connectivity index is 0.0000111. The number of nitrogens with zero attached hydrogens (tertiary/aromatic N) is 8. The first-order valence-electron chi connectivity index (χ1n) is 33.9. The number of methoxy groups -OCH3 is 8. The van der Waals surface area contributed by atoms with E-state index in [4.69, 9.17) is 77.8 Å². The molecule has 0 amide bonds. The molecular weight excluding hydrogens is 1530 g/mol. The van der Waals surface area contributed by atoms with Gasteiger partial charge in [-0.1, -0.05) is 30.3 Å². The molecule has 11 aromatic rings. The molecule has 5 heterocycles. The maximum atomic E-state index is 15.3. The molecule has 0 saturated carbocycles. The molecule has 0 fully saturated rings. The Morgan fingerprint density at radius 2 is 0.642 bits per heavy atom. The predicted octanol–water partition coefficient (Wildman–Crippen LogP) is 9.83. The number of hydrogen-bond acceptors (Lipinski definition) is 22. The summed E-state index contributed by atoms with van der Waals surface area (Å²) in [5.41, 5.74) is 2.80. The van der Waals surface area contributed by atoms with Crippen molar-refractivity contribution < 1.29 is 88.6 Å². The molecule has 0 aliphatic carbocycles. The minimum atomic E-state index is -4.57. The van der Waals surface area contributed by atoms with Gasteiger partial charge in [0.05, 0.1) is 99.8 Å². The van der Waals surface area contributed by atoms with Crippen LogP contribution in [0, 0.1) is 0 Å². The van der Waals surface area contributed by atoms with Crippen LogP contribution in [0.25, 0.3) is 89.7 Å². The molecule has 13 rings (SSSR count). The molecule has 2 aliphatic rings. The van der Waals surface area contributed by atoms with Crippen LogP contribution in [0.3, 0.4) is 0 Å². The third-order valence-electron chi connectivity index (χ3n) is 18.3. The van der Waals surface area contributed by atoms with Crippen LogP contribution in [0.15, 0.2) is 165 Å². The summed E-state index contributed by atoms with van der Waals surface area (Å²) in [6.07, 6.45) is 0.737. The molecule has 2 aliphatic heterocycles. The van der Waals surface area contributed by atoms with Gasteiger partial charge in [0.15, 0.2) is 0 Å². The Labute approximate surface area is 640 Å². The van der Waals surface area contributed by atoms with E-state index in [1.165, 1.54) is 124 Å². The number of nitrogens with one attached hydrogen (secondary N) is 4. The maximum Gasteiger partial charge on any atom is 2.00 e. The first-order chi connectivity index (χ1) is 51.6. The van der Waals surface area contributed by atoms with Crippen molar-refractivity contribution in [3.8, 4) is 91.5 Å². The van der Waals surface area contributed by atoms with Crippen molar-refractivity contribution in [2.45, 2.75) is 97.1 Å². The molecule has 4 atom stereocenters. The molecule has 0 saturated heterocycles. The van der Waals surface area contributed by atoms with E-state index in [1.54, 1.807) is 107 Å². The summed E-state index contributed by atoms with van der Waals surface area (Å²) in [5.74, 6) is 3.71. The number of benzene rings is 8. The standard InChI is InChI=1S/C76H76N12O16S4.Cu/c1-41(30-45-34-49(97-5)16-26-63(45)101-9)85-105(89,90)53-20-23-56-60(38-53)73-78-69(56)77-72-59-14-13-15-67(108(95,96)88-44(4)33-48-37-52(100-8)19-29-66(48)104-12)68(59)76(83-72)84-75-62-40-55(107(93,94)87-43(3)32-47-36-51(99-7)18-28-65(47)103-11)22-25-58(62)71(82-75)81-74-61-39-54(21-24-57(61)70(79-73)80-74)106(91,92)86-42(2)31-46-35-50(98-6)17-27-64(46)102-10;/h13-29,34-44,85-88H,30-33H2,1-12H3;/q-2;+2. The SMILES string of the molecule is COc1ccc(OC)c(CC(C)NS(=O)(=O)c2ccc3c(c2)-c2nc-3nc3[n-]c(nc4nc(nc5[n-]c(n2)c2ccc(S(=O)(=O)NC(C)Cc6cc(OC)ccc6OC)cc52)-c2c-4cccc2S(=O)(=O)NC(C)Cc2cc(OC)ccc2OC)c2ccc(S(=O)(=O)NC(C)Cc4cc(OC)ccc4OC)cc32)c1.[Cu+2]. The second-order valence-electron chi connectivity index (χ2n) is 25.9. The van der Waals surface area contributed by atoms with Crippen molar-refractivity contribution in [1.29, 1.82) is 0 Å². The first kappa shape index (κ1) is 78.3. The molecule has 33 heteroatoms. The van der Waals surface area contributed by atoms with Crippen LogP contribution in [0.2, 0.25) is 0 Å². The Morgan fingerprint density at radius 1 is 0.321 bits per heavy atom. The predicted molar refractivity (Wildman–Crippen MR) is 406 cm³/mol. The maximum absolute atomic E-state index is 15.3. The van der Waals surface area contributed by atoms with Crippen LogP contribution in [0.5, 0.6) is 46.0 Å². The average Bonchev–Trinajstić information content (AvgIpc) is 1.59. The Morgan fingerprint density at radius 3 is 1.02 bits per heavy atom. The summed E-state index contributed by atoms with van der Waals surface area (Å²) >= 11 is 0. The van der Waals surface area contributed by atoms with Gasteiger partial charge in [0, 0.05) is 69.0 Å². The van der Waals surface area contributed by atoms with Crippen LogP contribution in [-0.4, -0.2) is 145 Å². The Hall–Kier alpha value is -10.3. The molecule has 8 bridgehead atoms. The molecule has 571 valence electrons. The number of sulfonamides is 4. The van der Waals surface area contributed by atoms with Crippen molar-refractivity contribution >= 4 is 84.2 Å². The van der Waals surface area contributed by atoms with Crippen molar-refractivity contribution in [2.75, 3.05) is 56.9 Å². The third-order valence-corrected chi connectivity index (χ3v) is 24.7. The molecule has 4 N–H and O–H groups in total. The molecule has 28 nitrogen and oxygen atoms in total. The van der Waals surface area contributed by atoms with Crippen LogP contribution in [-0.2, 0) is 82.8 Å². The third kappa shape index (κ3) is 16.2. The summed E-state index contributed by atoms with van der Waals surface area (Å²) in [6, 6.07) is 35.3. The molecule has 3 aromatic heterocycles. The Kier molecular flexibility index (Phi) is 22.8. The van der Waals surface area contributed by atoms with Crippen molar-refractivity contribution in [2.24, 2.45) is 0 Å². The first-order valence-corrected chi connectivity index (χ1v) is 39.8. The van der Waals surface area contributed by atoms with Crippen LogP contribution < -0.4 is 66.8 Å². The summed E-state index contributed by atoms with van der Waals surface area (Å²) in [4.78, 5) is 39.3. The van der Waals surface area contributed by atoms with Crippen LogP contribution in [0.4, 0.5) is 0 Å². The van der Waals surface area contributed by atoms with Gasteiger partial charge in [-0.25, -0.2) is 62.5 Å². The van der Waals surface area contributed by atoms with E-state index in [9.17, 15) is 25.3 Å². The monoisotopic (exact) mass is 1600 g/mol. The van der Waals surface area contributed by atoms with Crippen molar-refractivity contribution in [3.05, 3.63) is 168 Å². The van der Waals surface area contributed by atoms with E-state index in [1.807, 2.05) is 0 Å². The smallest absolute Gasteiger partial charge is 0.497 e. The topological polar surface area (TPSA) is 364 Å². The fourth-order valence-electron chi connectivity index (χ4n) is 13.3. The second-order valence-corrected chi connectivity index (χ2v) is 32.7. The fourth-order valence-corrected chi connectivity index (χ4v) is 18.6. The number of rotatable bonds is 28. The summed E-state index contributed by atoms with van der Waals surface area (Å²) in [7, 11) is -5.58. The Bertz CT molecular complexity index is 6050. The molecule has 8 aromatic carbocycles. The van der Waals surface area contributed by atoms with E-state index >= 15 is 8.42 Å². The van der Waals surface area contributed by atoms with Gasteiger partial charge in [0.1, 0.15) is 46.0 Å². The van der Waals surface area contributed by atoms with Gasteiger partial charge in [0.2, 0.25) is 40.1 Å². The van der Waals surface area contributed by atoms with E-state index in [-0.39, 0.29) is 152 Å². The normalized spacial score (nSPS) is 13.3. The summed E-state index contributed by atoms with van der Waals surface area (Å²) < 4.78 is 175. The van der Waals surface area contributed by atoms with Crippen LogP contribution >= 0.6 is 0 Å². The molecule has 109 heavy (non-hydrogen) atoms. The van der Waals surface area contributed by atoms with Gasteiger partial charge >= 0.3 is 17.1 Å². The number of aromatic nitrogens is 8. The number of hydrogen-bond donors (Lipinski definition) is 4. The van der Waals surface area contributed by atoms with Gasteiger partial charge in [0.25, 0.3) is 0 Å². The zero-order valence-corrected chi connectivity index (χ0v) is 65.2. The zero-order valence-electron chi connectivity index (χ0n) is 61.0. The fraction of sp³-hybridized carbons (Fsp3) is 0.263. The summed E-state index contributed by atoms with van der Waals surface area (Å²) in [5, 5.41) is 0.758. The van der Waals surface area contributed by atoms with E-state index < -0.39 is 64.3 Å².